The monoisotopic (exact) mass is 351 g/mol. The zero-order valence-corrected chi connectivity index (χ0v) is 15.8. The van der Waals surface area contributed by atoms with Gasteiger partial charge in [-0.05, 0) is 61.4 Å². The maximum absolute atomic E-state index is 11.8. The number of hydrogen-bond donors (Lipinski definition) is 2. The van der Waals surface area contributed by atoms with E-state index in [4.69, 9.17) is 0 Å². The van der Waals surface area contributed by atoms with Crippen molar-refractivity contribution in [3.63, 3.8) is 0 Å². The lowest BCUT2D eigenvalue weighted by atomic mass is 9.91. The van der Waals surface area contributed by atoms with Crippen LogP contribution in [0.25, 0.3) is 0 Å². The largest absolute Gasteiger partial charge is 0.341 e. The number of anilines is 1. The summed E-state index contributed by atoms with van der Waals surface area (Å²) < 4.78 is 0. The molecule has 2 aromatic carbocycles. The van der Waals surface area contributed by atoms with Crippen molar-refractivity contribution in [3.05, 3.63) is 65.2 Å². The van der Waals surface area contributed by atoms with Gasteiger partial charge in [0.25, 0.3) is 0 Å². The SMILES string of the molecule is CNC(=O)Nc1cccc(C)c1CN1CCCC(Cc2ccccc2)C1. The molecule has 1 saturated heterocycles. The van der Waals surface area contributed by atoms with Gasteiger partial charge in [-0.3, -0.25) is 4.90 Å². The summed E-state index contributed by atoms with van der Waals surface area (Å²) in [5, 5.41) is 5.60. The van der Waals surface area contributed by atoms with Gasteiger partial charge in [-0.25, -0.2) is 4.79 Å². The van der Waals surface area contributed by atoms with E-state index in [9.17, 15) is 4.79 Å². The van der Waals surface area contributed by atoms with Gasteiger partial charge in [0, 0.05) is 25.8 Å². The Morgan fingerprint density at radius 3 is 2.73 bits per heavy atom. The first-order chi connectivity index (χ1) is 12.7. The first-order valence-corrected chi connectivity index (χ1v) is 9.49. The van der Waals surface area contributed by atoms with Crippen molar-refractivity contribution >= 4 is 11.7 Å². The summed E-state index contributed by atoms with van der Waals surface area (Å²) in [4.78, 5) is 14.3. The van der Waals surface area contributed by atoms with Crippen molar-refractivity contribution < 1.29 is 4.79 Å². The van der Waals surface area contributed by atoms with Gasteiger partial charge in [0.15, 0.2) is 0 Å². The quantitative estimate of drug-likeness (QED) is 0.848. The van der Waals surface area contributed by atoms with Crippen LogP contribution in [0.2, 0.25) is 0 Å². The van der Waals surface area contributed by atoms with Crippen molar-refractivity contribution in [2.24, 2.45) is 5.92 Å². The molecule has 3 rings (SSSR count). The van der Waals surface area contributed by atoms with E-state index in [0.29, 0.717) is 5.92 Å². The molecule has 26 heavy (non-hydrogen) atoms. The van der Waals surface area contributed by atoms with Crippen LogP contribution in [0.3, 0.4) is 0 Å². The normalized spacial score (nSPS) is 17.7. The number of carbonyl (C=O) groups is 1. The number of nitrogens with one attached hydrogen (secondary N) is 2. The van der Waals surface area contributed by atoms with Crippen LogP contribution in [-0.2, 0) is 13.0 Å². The van der Waals surface area contributed by atoms with E-state index >= 15 is 0 Å². The molecule has 0 aromatic heterocycles. The van der Waals surface area contributed by atoms with Gasteiger partial charge in [0.05, 0.1) is 0 Å². The number of piperidine rings is 1. The predicted molar refractivity (Wildman–Crippen MR) is 107 cm³/mol. The van der Waals surface area contributed by atoms with Gasteiger partial charge < -0.3 is 10.6 Å². The summed E-state index contributed by atoms with van der Waals surface area (Å²) >= 11 is 0. The van der Waals surface area contributed by atoms with E-state index in [2.05, 4.69) is 58.9 Å². The summed E-state index contributed by atoms with van der Waals surface area (Å²) in [7, 11) is 1.64. The second-order valence-corrected chi connectivity index (χ2v) is 7.24. The summed E-state index contributed by atoms with van der Waals surface area (Å²) in [6, 6.07) is 16.7. The second-order valence-electron chi connectivity index (χ2n) is 7.24. The van der Waals surface area contributed by atoms with Crippen LogP contribution in [-0.4, -0.2) is 31.1 Å². The summed E-state index contributed by atoms with van der Waals surface area (Å²) in [5.74, 6) is 0.700. The number of nitrogens with zero attached hydrogens (tertiary/aromatic N) is 1. The van der Waals surface area contributed by atoms with Crippen LogP contribution in [0.1, 0.15) is 29.5 Å². The van der Waals surface area contributed by atoms with Gasteiger partial charge >= 0.3 is 6.03 Å². The molecular formula is C22H29N3O. The minimum atomic E-state index is -0.169. The topological polar surface area (TPSA) is 44.4 Å². The maximum Gasteiger partial charge on any atom is 0.318 e. The smallest absolute Gasteiger partial charge is 0.318 e. The van der Waals surface area contributed by atoms with Crippen LogP contribution >= 0.6 is 0 Å². The van der Waals surface area contributed by atoms with E-state index in [1.165, 1.54) is 29.5 Å². The fourth-order valence-corrected chi connectivity index (χ4v) is 3.85. The highest BCUT2D eigenvalue weighted by Crippen LogP contribution is 2.26. The average Bonchev–Trinajstić information content (AvgIpc) is 2.65. The first-order valence-electron chi connectivity index (χ1n) is 9.49. The Morgan fingerprint density at radius 2 is 1.96 bits per heavy atom. The van der Waals surface area contributed by atoms with Crippen LogP contribution in [0.5, 0.6) is 0 Å². The van der Waals surface area contributed by atoms with Gasteiger partial charge in [0.2, 0.25) is 0 Å². The molecule has 2 amide bonds. The van der Waals surface area contributed by atoms with E-state index in [1.807, 2.05) is 12.1 Å². The Kier molecular flexibility index (Phi) is 6.29. The lowest BCUT2D eigenvalue weighted by Crippen LogP contribution is -2.36. The van der Waals surface area contributed by atoms with E-state index < -0.39 is 0 Å². The molecule has 0 radical (unpaired) electrons. The van der Waals surface area contributed by atoms with Crippen LogP contribution in [0.4, 0.5) is 10.5 Å². The first kappa shape index (κ1) is 18.5. The van der Waals surface area contributed by atoms with E-state index in [0.717, 1.165) is 31.7 Å². The van der Waals surface area contributed by atoms with Crippen LogP contribution in [0.15, 0.2) is 48.5 Å². The number of likely N-dealkylation sites (tertiary alicyclic amines) is 1. The minimum Gasteiger partial charge on any atom is -0.341 e. The molecule has 1 aliphatic heterocycles. The lowest BCUT2D eigenvalue weighted by Gasteiger charge is -2.33. The predicted octanol–water partition coefficient (Wildman–Crippen LogP) is 4.20. The summed E-state index contributed by atoms with van der Waals surface area (Å²) in [6.07, 6.45) is 3.68. The molecule has 1 atom stereocenters. The molecule has 1 aliphatic rings. The number of aryl methyl sites for hydroxylation is 1. The third-order valence-electron chi connectivity index (χ3n) is 5.24. The number of amides is 2. The highest BCUT2D eigenvalue weighted by atomic mass is 16.2. The fraction of sp³-hybridized carbons (Fsp3) is 0.409. The van der Waals surface area contributed by atoms with Crippen molar-refractivity contribution in [2.45, 2.75) is 32.7 Å². The molecule has 2 aromatic rings. The average molecular weight is 351 g/mol. The third-order valence-corrected chi connectivity index (χ3v) is 5.24. The molecule has 0 spiro atoms. The zero-order valence-electron chi connectivity index (χ0n) is 15.8. The van der Waals surface area contributed by atoms with Gasteiger partial charge in [-0.2, -0.15) is 0 Å². The van der Waals surface area contributed by atoms with Gasteiger partial charge in [0.1, 0.15) is 0 Å². The maximum atomic E-state index is 11.8. The number of benzene rings is 2. The highest BCUT2D eigenvalue weighted by molar-refractivity contribution is 5.90. The Hall–Kier alpha value is -2.33. The third kappa shape index (κ3) is 4.85. The second kappa shape index (κ2) is 8.86. The summed E-state index contributed by atoms with van der Waals surface area (Å²) in [6.45, 7) is 5.24. The van der Waals surface area contributed by atoms with E-state index in [-0.39, 0.29) is 6.03 Å². The summed E-state index contributed by atoms with van der Waals surface area (Å²) in [5.41, 5.74) is 4.78. The van der Waals surface area contributed by atoms with Crippen LogP contribution < -0.4 is 10.6 Å². The molecular weight excluding hydrogens is 322 g/mol. The number of urea groups is 1. The van der Waals surface area contributed by atoms with Gasteiger partial charge in [-0.15, -0.1) is 0 Å². The molecule has 0 aliphatic carbocycles. The Bertz CT molecular complexity index is 729. The van der Waals surface area contributed by atoms with Crippen molar-refractivity contribution in [3.8, 4) is 0 Å². The molecule has 1 fully saturated rings. The number of carbonyl (C=O) groups excluding carboxylic acids is 1. The Balaban J connectivity index is 1.67. The molecule has 1 heterocycles. The molecule has 1 unspecified atom stereocenters. The highest BCUT2D eigenvalue weighted by Gasteiger charge is 2.21. The van der Waals surface area contributed by atoms with Crippen LogP contribution in [0, 0.1) is 12.8 Å². The lowest BCUT2D eigenvalue weighted by molar-refractivity contribution is 0.167. The molecule has 0 saturated carbocycles. The van der Waals surface area contributed by atoms with Gasteiger partial charge in [-0.1, -0.05) is 42.5 Å². The van der Waals surface area contributed by atoms with E-state index in [1.54, 1.807) is 7.05 Å². The Morgan fingerprint density at radius 1 is 1.15 bits per heavy atom. The molecule has 138 valence electrons. The van der Waals surface area contributed by atoms with Crippen molar-refractivity contribution in [2.75, 3.05) is 25.5 Å². The fourth-order valence-electron chi connectivity index (χ4n) is 3.85. The molecule has 4 heteroatoms. The zero-order chi connectivity index (χ0) is 18.4. The molecule has 2 N–H and O–H groups in total. The molecule has 0 bridgehead atoms. The number of rotatable bonds is 5. The standard InChI is InChI=1S/C22H29N3O/c1-17-8-6-12-21(24-22(26)23-2)20(17)16-25-13-7-11-19(15-25)14-18-9-4-3-5-10-18/h3-6,8-10,12,19H,7,11,13-16H2,1-2H3,(H2,23,24,26). The van der Waals surface area contributed by atoms with Crippen molar-refractivity contribution in [1.29, 1.82) is 0 Å². The molecule has 4 nitrogen and oxygen atoms in total. The van der Waals surface area contributed by atoms with Crippen molar-refractivity contribution in [1.82, 2.24) is 10.2 Å². The minimum absolute atomic E-state index is 0.169. The number of hydrogen-bond acceptors (Lipinski definition) is 2. The Labute approximate surface area is 156 Å².